The smallest absolute Gasteiger partial charge is 0.311 e. The van der Waals surface area contributed by atoms with Crippen LogP contribution in [0.3, 0.4) is 0 Å². The average Bonchev–Trinajstić information content (AvgIpc) is 2.76. The summed E-state index contributed by atoms with van der Waals surface area (Å²) in [6.07, 6.45) is 0.140. The number of thiazole rings is 1. The van der Waals surface area contributed by atoms with Gasteiger partial charge in [-0.2, -0.15) is 0 Å². The highest BCUT2D eigenvalue weighted by Gasteiger charge is 2.10. The molecule has 1 heterocycles. The van der Waals surface area contributed by atoms with Crippen LogP contribution in [0.1, 0.15) is 11.3 Å². The molecule has 0 amide bonds. The summed E-state index contributed by atoms with van der Waals surface area (Å²) in [7, 11) is 1.34. The Morgan fingerprint density at radius 1 is 1.44 bits per heavy atom. The first-order chi connectivity index (χ1) is 8.58. The van der Waals surface area contributed by atoms with E-state index in [0.717, 1.165) is 11.1 Å². The van der Waals surface area contributed by atoms with E-state index >= 15 is 0 Å². The Morgan fingerprint density at radius 2 is 2.22 bits per heavy atom. The van der Waals surface area contributed by atoms with Crippen molar-refractivity contribution >= 4 is 17.3 Å². The molecule has 0 unspecified atom stereocenters. The van der Waals surface area contributed by atoms with Crippen molar-refractivity contribution in [2.24, 2.45) is 0 Å². The van der Waals surface area contributed by atoms with Crippen molar-refractivity contribution in [2.75, 3.05) is 7.11 Å². The molecule has 0 saturated carbocycles. The lowest BCUT2D eigenvalue weighted by Gasteiger charge is -1.99. The lowest BCUT2D eigenvalue weighted by molar-refractivity contribution is -0.139. The Balaban J connectivity index is 2.26. The molecule has 0 radical (unpaired) electrons. The van der Waals surface area contributed by atoms with Gasteiger partial charge in [0.1, 0.15) is 10.8 Å². The van der Waals surface area contributed by atoms with Gasteiger partial charge in [-0.1, -0.05) is 0 Å². The molecule has 0 N–H and O–H groups in total. The number of ether oxygens (including phenoxy) is 1. The molecule has 94 valence electrons. The quantitative estimate of drug-likeness (QED) is 0.801. The van der Waals surface area contributed by atoms with E-state index in [4.69, 9.17) is 0 Å². The van der Waals surface area contributed by atoms with Crippen LogP contribution in [-0.4, -0.2) is 18.1 Å². The Bertz CT molecular complexity index is 560. The van der Waals surface area contributed by atoms with Crippen molar-refractivity contribution in [1.82, 2.24) is 4.98 Å². The summed E-state index contributed by atoms with van der Waals surface area (Å²) in [5.41, 5.74) is 2.21. The summed E-state index contributed by atoms with van der Waals surface area (Å²) < 4.78 is 17.9. The highest BCUT2D eigenvalue weighted by Crippen LogP contribution is 2.25. The van der Waals surface area contributed by atoms with Gasteiger partial charge in [-0.25, -0.2) is 9.37 Å². The van der Waals surface area contributed by atoms with E-state index in [-0.39, 0.29) is 18.2 Å². The second-order valence-electron chi connectivity index (χ2n) is 3.91. The van der Waals surface area contributed by atoms with Gasteiger partial charge in [0.2, 0.25) is 0 Å². The number of methoxy groups -OCH3 is 1. The number of carbonyl (C=O) groups excluding carboxylic acids is 1. The molecular weight excluding hydrogens is 253 g/mol. The highest BCUT2D eigenvalue weighted by atomic mass is 32.1. The van der Waals surface area contributed by atoms with Gasteiger partial charge in [-0.15, -0.1) is 11.3 Å². The van der Waals surface area contributed by atoms with Crippen LogP contribution < -0.4 is 0 Å². The highest BCUT2D eigenvalue weighted by molar-refractivity contribution is 7.13. The molecule has 0 aliphatic heterocycles. The molecule has 0 bridgehead atoms. The zero-order chi connectivity index (χ0) is 13.1. The first-order valence-corrected chi connectivity index (χ1v) is 6.25. The van der Waals surface area contributed by atoms with E-state index in [1.54, 1.807) is 5.38 Å². The van der Waals surface area contributed by atoms with Crippen LogP contribution in [0, 0.1) is 12.7 Å². The van der Waals surface area contributed by atoms with Gasteiger partial charge < -0.3 is 4.74 Å². The normalized spacial score (nSPS) is 10.4. The first kappa shape index (κ1) is 12.7. The maximum Gasteiger partial charge on any atom is 0.311 e. The monoisotopic (exact) mass is 265 g/mol. The average molecular weight is 265 g/mol. The summed E-state index contributed by atoms with van der Waals surface area (Å²) in [4.78, 5) is 15.4. The molecule has 5 heteroatoms. The Morgan fingerprint density at radius 3 is 2.89 bits per heavy atom. The van der Waals surface area contributed by atoms with Gasteiger partial charge in [0.15, 0.2) is 0 Å². The number of esters is 1. The predicted molar refractivity (Wildman–Crippen MR) is 68.0 cm³/mol. The van der Waals surface area contributed by atoms with E-state index in [2.05, 4.69) is 9.72 Å². The lowest BCUT2D eigenvalue weighted by atomic mass is 10.1. The SMILES string of the molecule is COC(=O)Cc1csc(-c2cc(C)cc(F)c2)n1. The van der Waals surface area contributed by atoms with Gasteiger partial charge in [0.25, 0.3) is 0 Å². The summed E-state index contributed by atoms with van der Waals surface area (Å²) in [5, 5.41) is 2.49. The standard InChI is InChI=1S/C13H12FNO2S/c1-8-3-9(5-10(14)4-8)13-15-11(7-18-13)6-12(16)17-2/h3-5,7H,6H2,1-2H3. The Hall–Kier alpha value is -1.75. The van der Waals surface area contributed by atoms with Crippen molar-refractivity contribution < 1.29 is 13.9 Å². The van der Waals surface area contributed by atoms with Crippen molar-refractivity contribution in [3.63, 3.8) is 0 Å². The molecule has 18 heavy (non-hydrogen) atoms. The summed E-state index contributed by atoms with van der Waals surface area (Å²) in [6.45, 7) is 1.83. The van der Waals surface area contributed by atoms with Crippen LogP contribution >= 0.6 is 11.3 Å². The molecule has 0 aliphatic carbocycles. The molecule has 0 fully saturated rings. The van der Waals surface area contributed by atoms with E-state index in [9.17, 15) is 9.18 Å². The number of carbonyl (C=O) groups is 1. The largest absolute Gasteiger partial charge is 0.469 e. The fourth-order valence-electron chi connectivity index (χ4n) is 1.60. The van der Waals surface area contributed by atoms with Crippen LogP contribution in [0.2, 0.25) is 0 Å². The van der Waals surface area contributed by atoms with Crippen molar-refractivity contribution in [3.8, 4) is 10.6 Å². The second kappa shape index (κ2) is 5.27. The molecule has 0 saturated heterocycles. The van der Waals surface area contributed by atoms with Crippen LogP contribution in [-0.2, 0) is 16.0 Å². The number of halogens is 1. The minimum Gasteiger partial charge on any atom is -0.469 e. The minimum absolute atomic E-state index is 0.140. The topological polar surface area (TPSA) is 39.2 Å². The first-order valence-electron chi connectivity index (χ1n) is 5.37. The zero-order valence-electron chi connectivity index (χ0n) is 10.1. The maximum atomic E-state index is 13.3. The number of hydrogen-bond donors (Lipinski definition) is 0. The number of benzene rings is 1. The van der Waals surface area contributed by atoms with Gasteiger partial charge in [-0.05, 0) is 30.7 Å². The molecular formula is C13H12FNO2S. The third-order valence-electron chi connectivity index (χ3n) is 2.39. The van der Waals surface area contributed by atoms with Gasteiger partial charge in [0.05, 0.1) is 19.2 Å². The van der Waals surface area contributed by atoms with Crippen LogP contribution in [0.25, 0.3) is 10.6 Å². The number of aromatic nitrogens is 1. The molecule has 2 rings (SSSR count). The second-order valence-corrected chi connectivity index (χ2v) is 4.77. The summed E-state index contributed by atoms with van der Waals surface area (Å²) in [5.74, 6) is -0.614. The molecule has 0 atom stereocenters. The van der Waals surface area contributed by atoms with Crippen LogP contribution in [0.5, 0.6) is 0 Å². The van der Waals surface area contributed by atoms with Crippen molar-refractivity contribution in [3.05, 3.63) is 40.7 Å². The van der Waals surface area contributed by atoms with Crippen molar-refractivity contribution in [2.45, 2.75) is 13.3 Å². The maximum absolute atomic E-state index is 13.3. The van der Waals surface area contributed by atoms with Gasteiger partial charge >= 0.3 is 5.97 Å². The van der Waals surface area contributed by atoms with E-state index in [1.807, 2.05) is 13.0 Å². The van der Waals surface area contributed by atoms with Gasteiger partial charge in [-0.3, -0.25) is 4.79 Å². The molecule has 1 aromatic heterocycles. The fourth-order valence-corrected chi connectivity index (χ4v) is 2.41. The van der Waals surface area contributed by atoms with Crippen LogP contribution in [0.15, 0.2) is 23.6 Å². The Kier molecular flexibility index (Phi) is 3.72. The lowest BCUT2D eigenvalue weighted by Crippen LogP contribution is -2.04. The number of aryl methyl sites for hydroxylation is 1. The molecule has 1 aromatic carbocycles. The number of hydrogen-bond acceptors (Lipinski definition) is 4. The number of nitrogens with zero attached hydrogens (tertiary/aromatic N) is 1. The minimum atomic E-state index is -0.331. The van der Waals surface area contributed by atoms with E-state index in [0.29, 0.717) is 10.7 Å². The summed E-state index contributed by atoms with van der Waals surface area (Å²) >= 11 is 1.39. The molecule has 0 aliphatic rings. The fraction of sp³-hybridized carbons (Fsp3) is 0.231. The summed E-state index contributed by atoms with van der Waals surface area (Å²) in [6, 6.07) is 4.77. The van der Waals surface area contributed by atoms with E-state index < -0.39 is 0 Å². The van der Waals surface area contributed by atoms with Gasteiger partial charge in [0, 0.05) is 10.9 Å². The molecule has 0 spiro atoms. The third kappa shape index (κ3) is 2.92. The number of rotatable bonds is 3. The van der Waals surface area contributed by atoms with E-state index in [1.165, 1.54) is 30.6 Å². The predicted octanol–water partition coefficient (Wildman–Crippen LogP) is 2.97. The molecule has 2 aromatic rings. The third-order valence-corrected chi connectivity index (χ3v) is 3.33. The van der Waals surface area contributed by atoms with Crippen LogP contribution in [0.4, 0.5) is 4.39 Å². The van der Waals surface area contributed by atoms with Crippen molar-refractivity contribution in [1.29, 1.82) is 0 Å². The Labute approximate surface area is 108 Å². The molecule has 3 nitrogen and oxygen atoms in total. The zero-order valence-corrected chi connectivity index (χ0v) is 10.9.